The van der Waals surface area contributed by atoms with Crippen LogP contribution in [0.15, 0.2) is 35.7 Å². The van der Waals surface area contributed by atoms with E-state index in [2.05, 4.69) is 5.32 Å². The Morgan fingerprint density at radius 2 is 2.12 bits per heavy atom. The number of hydrogen-bond acceptors (Lipinski definition) is 5. The van der Waals surface area contributed by atoms with Gasteiger partial charge in [-0.3, -0.25) is 9.10 Å². The lowest BCUT2D eigenvalue weighted by Crippen LogP contribution is -2.38. The highest BCUT2D eigenvalue weighted by atomic mass is 32.2. The molecule has 1 aliphatic heterocycles. The highest BCUT2D eigenvalue weighted by Crippen LogP contribution is 2.35. The van der Waals surface area contributed by atoms with E-state index in [9.17, 15) is 13.2 Å². The Morgan fingerprint density at radius 1 is 1.29 bits per heavy atom. The van der Waals surface area contributed by atoms with Crippen molar-refractivity contribution in [2.45, 2.75) is 12.8 Å². The van der Waals surface area contributed by atoms with Crippen molar-refractivity contribution in [3.8, 4) is 5.75 Å². The van der Waals surface area contributed by atoms with E-state index in [4.69, 9.17) is 4.74 Å². The van der Waals surface area contributed by atoms with E-state index in [0.29, 0.717) is 35.0 Å². The number of rotatable bonds is 4. The molecule has 0 spiro atoms. The highest BCUT2D eigenvalue weighted by molar-refractivity contribution is 7.92. The Morgan fingerprint density at radius 3 is 2.79 bits per heavy atom. The SMILES string of the molecule is COc1cc(NC(=O)c2cccs2)ccc1N1CCCCS1(=O)=O. The molecule has 1 N–H and O–H groups in total. The van der Waals surface area contributed by atoms with E-state index in [1.54, 1.807) is 24.3 Å². The minimum absolute atomic E-state index is 0.146. The van der Waals surface area contributed by atoms with Gasteiger partial charge in [-0.1, -0.05) is 6.07 Å². The number of nitrogens with one attached hydrogen (secondary N) is 1. The van der Waals surface area contributed by atoms with Crippen molar-refractivity contribution < 1.29 is 17.9 Å². The van der Waals surface area contributed by atoms with E-state index in [1.807, 2.05) is 11.4 Å². The summed E-state index contributed by atoms with van der Waals surface area (Å²) in [7, 11) is -1.83. The number of ether oxygens (including phenoxy) is 1. The Kier molecular flexibility index (Phi) is 4.77. The first kappa shape index (κ1) is 16.8. The van der Waals surface area contributed by atoms with Gasteiger partial charge in [-0.2, -0.15) is 0 Å². The summed E-state index contributed by atoms with van der Waals surface area (Å²) in [5.41, 5.74) is 1.06. The largest absolute Gasteiger partial charge is 0.494 e. The maximum atomic E-state index is 12.3. The van der Waals surface area contributed by atoms with E-state index < -0.39 is 10.0 Å². The first-order valence-corrected chi connectivity index (χ1v) is 10.0. The van der Waals surface area contributed by atoms with Gasteiger partial charge in [0.1, 0.15) is 5.75 Å². The Balaban J connectivity index is 1.87. The summed E-state index contributed by atoms with van der Waals surface area (Å²) in [6, 6.07) is 8.56. The van der Waals surface area contributed by atoms with Crippen LogP contribution in [0, 0.1) is 0 Å². The lowest BCUT2D eigenvalue weighted by Gasteiger charge is -2.29. The molecule has 8 heteroatoms. The van der Waals surface area contributed by atoms with Gasteiger partial charge in [-0.05, 0) is 36.4 Å². The molecule has 3 rings (SSSR count). The zero-order valence-corrected chi connectivity index (χ0v) is 14.8. The molecule has 0 radical (unpaired) electrons. The second kappa shape index (κ2) is 6.82. The number of thiophene rings is 1. The third-order valence-electron chi connectivity index (χ3n) is 3.80. The number of sulfonamides is 1. The summed E-state index contributed by atoms with van der Waals surface area (Å²) in [6.45, 7) is 0.444. The average molecular weight is 366 g/mol. The molecule has 1 saturated heterocycles. The fraction of sp³-hybridized carbons (Fsp3) is 0.312. The summed E-state index contributed by atoms with van der Waals surface area (Å²) >= 11 is 1.36. The topological polar surface area (TPSA) is 75.7 Å². The van der Waals surface area contributed by atoms with E-state index in [0.717, 1.165) is 6.42 Å². The molecule has 0 atom stereocenters. The number of carbonyl (C=O) groups excluding carboxylic acids is 1. The molecule has 6 nitrogen and oxygen atoms in total. The standard InChI is InChI=1S/C16H18N2O4S2/c1-22-14-11-12(17-16(19)15-5-4-9-23-15)6-7-13(14)18-8-2-3-10-24(18,20)21/h4-7,9,11H,2-3,8,10H2,1H3,(H,17,19). The number of benzene rings is 1. The highest BCUT2D eigenvalue weighted by Gasteiger charge is 2.28. The van der Waals surface area contributed by atoms with Crippen molar-refractivity contribution in [1.29, 1.82) is 0 Å². The van der Waals surface area contributed by atoms with Crippen LogP contribution in [-0.4, -0.2) is 33.7 Å². The number of nitrogens with zero attached hydrogens (tertiary/aromatic N) is 1. The van der Waals surface area contributed by atoms with Gasteiger partial charge >= 0.3 is 0 Å². The number of anilines is 2. The predicted octanol–water partition coefficient (Wildman–Crippen LogP) is 2.94. The lowest BCUT2D eigenvalue weighted by molar-refractivity contribution is 0.103. The van der Waals surface area contributed by atoms with Crippen molar-refractivity contribution in [2.75, 3.05) is 29.0 Å². The molecule has 0 bridgehead atoms. The maximum Gasteiger partial charge on any atom is 0.265 e. The zero-order chi connectivity index (χ0) is 17.2. The first-order chi connectivity index (χ1) is 11.5. The molecule has 1 aliphatic rings. The van der Waals surface area contributed by atoms with E-state index >= 15 is 0 Å². The molecule has 1 fully saturated rings. The van der Waals surface area contributed by atoms with Crippen LogP contribution in [0.3, 0.4) is 0 Å². The van der Waals surface area contributed by atoms with Crippen LogP contribution in [0.5, 0.6) is 5.75 Å². The van der Waals surface area contributed by atoms with Crippen molar-refractivity contribution in [2.24, 2.45) is 0 Å². The predicted molar refractivity (Wildman–Crippen MR) is 95.6 cm³/mol. The molecule has 1 aromatic carbocycles. The van der Waals surface area contributed by atoms with E-state index in [1.165, 1.54) is 22.8 Å². The lowest BCUT2D eigenvalue weighted by atomic mass is 10.2. The second-order valence-electron chi connectivity index (χ2n) is 5.41. The smallest absolute Gasteiger partial charge is 0.265 e. The molecule has 1 aromatic heterocycles. The van der Waals surface area contributed by atoms with Gasteiger partial charge in [0.2, 0.25) is 10.0 Å². The maximum absolute atomic E-state index is 12.3. The summed E-state index contributed by atoms with van der Waals surface area (Å²) < 4.78 is 31.3. The quantitative estimate of drug-likeness (QED) is 0.903. The minimum atomic E-state index is -3.31. The van der Waals surface area contributed by atoms with Gasteiger partial charge in [0.25, 0.3) is 5.91 Å². The Bertz CT molecular complexity index is 832. The third kappa shape index (κ3) is 3.39. The summed E-state index contributed by atoms with van der Waals surface area (Å²) in [5.74, 6) is 0.363. The molecule has 0 aliphatic carbocycles. The molecule has 2 heterocycles. The van der Waals surface area contributed by atoms with Crippen LogP contribution in [-0.2, 0) is 10.0 Å². The molecule has 0 unspecified atom stereocenters. The van der Waals surface area contributed by atoms with Gasteiger partial charge in [0.05, 0.1) is 23.4 Å². The molecule has 2 aromatic rings. The van der Waals surface area contributed by atoms with Crippen LogP contribution >= 0.6 is 11.3 Å². The van der Waals surface area contributed by atoms with Gasteiger partial charge < -0.3 is 10.1 Å². The van der Waals surface area contributed by atoms with Crippen LogP contribution in [0.1, 0.15) is 22.5 Å². The molecule has 24 heavy (non-hydrogen) atoms. The van der Waals surface area contributed by atoms with Crippen LogP contribution in [0.4, 0.5) is 11.4 Å². The average Bonchev–Trinajstić information content (AvgIpc) is 3.09. The van der Waals surface area contributed by atoms with Crippen LogP contribution < -0.4 is 14.4 Å². The minimum Gasteiger partial charge on any atom is -0.494 e. The molecular formula is C16H18N2O4S2. The van der Waals surface area contributed by atoms with E-state index in [-0.39, 0.29) is 11.7 Å². The zero-order valence-electron chi connectivity index (χ0n) is 13.2. The first-order valence-electron chi connectivity index (χ1n) is 7.54. The summed E-state index contributed by atoms with van der Waals surface area (Å²) in [6.07, 6.45) is 1.50. The second-order valence-corrected chi connectivity index (χ2v) is 8.37. The fourth-order valence-electron chi connectivity index (χ4n) is 2.62. The van der Waals surface area contributed by atoms with Crippen LogP contribution in [0.2, 0.25) is 0 Å². The van der Waals surface area contributed by atoms with Crippen molar-refractivity contribution >= 4 is 38.6 Å². The number of amides is 1. The van der Waals surface area contributed by atoms with Crippen molar-refractivity contribution in [1.82, 2.24) is 0 Å². The Hall–Kier alpha value is -2.06. The number of methoxy groups -OCH3 is 1. The van der Waals surface area contributed by atoms with Gasteiger partial charge in [0.15, 0.2) is 0 Å². The monoisotopic (exact) mass is 366 g/mol. The third-order valence-corrected chi connectivity index (χ3v) is 6.52. The number of carbonyl (C=O) groups is 1. The molecule has 0 saturated carbocycles. The molecule has 128 valence electrons. The van der Waals surface area contributed by atoms with Crippen LogP contribution in [0.25, 0.3) is 0 Å². The number of hydrogen-bond donors (Lipinski definition) is 1. The molecular weight excluding hydrogens is 348 g/mol. The normalized spacial score (nSPS) is 16.6. The van der Waals surface area contributed by atoms with Crippen molar-refractivity contribution in [3.05, 3.63) is 40.6 Å². The summed E-state index contributed by atoms with van der Waals surface area (Å²) in [4.78, 5) is 12.7. The van der Waals surface area contributed by atoms with Crippen molar-refractivity contribution in [3.63, 3.8) is 0 Å². The molecule has 1 amide bonds. The van der Waals surface area contributed by atoms with Gasteiger partial charge in [-0.15, -0.1) is 11.3 Å². The summed E-state index contributed by atoms with van der Waals surface area (Å²) in [5, 5.41) is 4.63. The fourth-order valence-corrected chi connectivity index (χ4v) is 4.89. The van der Waals surface area contributed by atoms with Gasteiger partial charge in [-0.25, -0.2) is 8.42 Å². The van der Waals surface area contributed by atoms with Gasteiger partial charge in [0, 0.05) is 18.3 Å². The Labute approximate surface area is 145 Å².